The molecule has 2 fully saturated rings. The van der Waals surface area contributed by atoms with Crippen LogP contribution in [0.1, 0.15) is 19.3 Å². The minimum atomic E-state index is -3.31. The van der Waals surface area contributed by atoms with Gasteiger partial charge in [0.05, 0.1) is 18.8 Å². The molecule has 0 aromatic heterocycles. The van der Waals surface area contributed by atoms with Gasteiger partial charge in [0.15, 0.2) is 0 Å². The lowest BCUT2D eigenvalue weighted by Gasteiger charge is -2.37. The molecule has 0 aliphatic carbocycles. The van der Waals surface area contributed by atoms with E-state index < -0.39 is 10.0 Å². The van der Waals surface area contributed by atoms with Crippen LogP contribution in [-0.4, -0.2) is 69.1 Å². The Balaban J connectivity index is 1.93. The molecule has 23 heavy (non-hydrogen) atoms. The molecular formula is C14H22N4O4S. The number of hydrogen-bond donors (Lipinski definition) is 3. The van der Waals surface area contributed by atoms with Gasteiger partial charge in [0.2, 0.25) is 21.8 Å². The van der Waals surface area contributed by atoms with E-state index in [1.165, 1.54) is 0 Å². The van der Waals surface area contributed by atoms with Gasteiger partial charge < -0.3 is 10.6 Å². The molecule has 0 aromatic rings. The largest absolute Gasteiger partial charge is 0.353 e. The van der Waals surface area contributed by atoms with Crippen LogP contribution in [0, 0.1) is 12.3 Å². The van der Waals surface area contributed by atoms with Gasteiger partial charge in [-0.15, -0.1) is 6.42 Å². The number of amides is 2. The number of nitrogens with one attached hydrogen (secondary N) is 3. The molecule has 0 unspecified atom stereocenters. The van der Waals surface area contributed by atoms with Crippen molar-refractivity contribution in [1.29, 1.82) is 0 Å². The third-order valence-corrected chi connectivity index (χ3v) is 4.86. The average Bonchev–Trinajstić information content (AvgIpc) is 2.86. The Morgan fingerprint density at radius 3 is 2.91 bits per heavy atom. The molecular weight excluding hydrogens is 320 g/mol. The number of nitrogens with zero attached hydrogens (tertiary/aromatic N) is 1. The van der Waals surface area contributed by atoms with Gasteiger partial charge in [-0.3, -0.25) is 14.5 Å². The minimum Gasteiger partial charge on any atom is -0.353 e. The maximum absolute atomic E-state index is 12.0. The SMILES string of the molecule is C#CCNC(=O)CC[C@@H]1CNC(=O)[C@@H]2C[C@H](NS(C)(=O)=O)CN12. The van der Waals surface area contributed by atoms with Gasteiger partial charge in [-0.05, 0) is 12.8 Å². The number of carbonyl (C=O) groups is 2. The second-order valence-electron chi connectivity index (χ2n) is 5.95. The van der Waals surface area contributed by atoms with Crippen LogP contribution in [0.4, 0.5) is 0 Å². The van der Waals surface area contributed by atoms with Gasteiger partial charge in [-0.2, -0.15) is 0 Å². The van der Waals surface area contributed by atoms with Crippen molar-refractivity contribution in [3.05, 3.63) is 0 Å². The molecule has 0 bridgehead atoms. The molecule has 0 saturated carbocycles. The first-order valence-electron chi connectivity index (χ1n) is 7.51. The van der Waals surface area contributed by atoms with Gasteiger partial charge in [-0.25, -0.2) is 13.1 Å². The van der Waals surface area contributed by atoms with E-state index in [-0.39, 0.29) is 36.5 Å². The molecule has 0 radical (unpaired) electrons. The van der Waals surface area contributed by atoms with Crippen LogP contribution >= 0.6 is 0 Å². The van der Waals surface area contributed by atoms with Crippen molar-refractivity contribution in [3.63, 3.8) is 0 Å². The Morgan fingerprint density at radius 1 is 1.52 bits per heavy atom. The number of fused-ring (bicyclic) bond motifs is 1. The first-order valence-corrected chi connectivity index (χ1v) is 9.40. The molecule has 3 atom stereocenters. The summed E-state index contributed by atoms with van der Waals surface area (Å²) in [7, 11) is -3.31. The second kappa shape index (κ2) is 7.29. The van der Waals surface area contributed by atoms with E-state index in [0.717, 1.165) is 6.26 Å². The summed E-state index contributed by atoms with van der Waals surface area (Å²) >= 11 is 0. The molecule has 0 aromatic carbocycles. The molecule has 128 valence electrons. The van der Waals surface area contributed by atoms with Crippen molar-refractivity contribution >= 4 is 21.8 Å². The smallest absolute Gasteiger partial charge is 0.237 e. The second-order valence-corrected chi connectivity index (χ2v) is 7.73. The van der Waals surface area contributed by atoms with Crippen molar-refractivity contribution in [1.82, 2.24) is 20.3 Å². The lowest BCUT2D eigenvalue weighted by Crippen LogP contribution is -2.58. The lowest BCUT2D eigenvalue weighted by atomic mass is 10.0. The summed E-state index contributed by atoms with van der Waals surface area (Å²) in [5, 5.41) is 5.44. The van der Waals surface area contributed by atoms with E-state index in [1.54, 1.807) is 0 Å². The monoisotopic (exact) mass is 342 g/mol. The van der Waals surface area contributed by atoms with Crippen molar-refractivity contribution < 1.29 is 18.0 Å². The highest BCUT2D eigenvalue weighted by atomic mass is 32.2. The molecule has 0 spiro atoms. The van der Waals surface area contributed by atoms with Crippen molar-refractivity contribution in [2.45, 2.75) is 37.4 Å². The van der Waals surface area contributed by atoms with Crippen LogP contribution in [0.15, 0.2) is 0 Å². The Morgan fingerprint density at radius 2 is 2.26 bits per heavy atom. The lowest BCUT2D eigenvalue weighted by molar-refractivity contribution is -0.129. The van der Waals surface area contributed by atoms with Crippen LogP contribution in [-0.2, 0) is 19.6 Å². The van der Waals surface area contributed by atoms with Gasteiger partial charge in [0.1, 0.15) is 0 Å². The fourth-order valence-electron chi connectivity index (χ4n) is 3.17. The number of carbonyl (C=O) groups excluding carboxylic acids is 2. The van der Waals surface area contributed by atoms with Crippen LogP contribution in [0.2, 0.25) is 0 Å². The molecule has 9 heteroatoms. The number of piperazine rings is 1. The maximum atomic E-state index is 12.0. The van der Waals surface area contributed by atoms with Crippen molar-refractivity contribution in [2.75, 3.05) is 25.9 Å². The summed E-state index contributed by atoms with van der Waals surface area (Å²) in [6.07, 6.45) is 7.54. The third-order valence-electron chi connectivity index (χ3n) is 4.10. The topological polar surface area (TPSA) is 108 Å². The van der Waals surface area contributed by atoms with E-state index in [4.69, 9.17) is 6.42 Å². The normalized spacial score (nSPS) is 27.8. The highest BCUT2D eigenvalue weighted by molar-refractivity contribution is 7.88. The summed E-state index contributed by atoms with van der Waals surface area (Å²) < 4.78 is 25.3. The van der Waals surface area contributed by atoms with Crippen molar-refractivity contribution in [3.8, 4) is 12.3 Å². The molecule has 2 aliphatic rings. The first kappa shape index (κ1) is 17.7. The van der Waals surface area contributed by atoms with E-state index in [9.17, 15) is 18.0 Å². The van der Waals surface area contributed by atoms with Gasteiger partial charge >= 0.3 is 0 Å². The minimum absolute atomic E-state index is 0.0145. The van der Waals surface area contributed by atoms with E-state index in [0.29, 0.717) is 32.4 Å². The third kappa shape index (κ3) is 4.92. The molecule has 2 amide bonds. The van der Waals surface area contributed by atoms with Crippen LogP contribution in [0.3, 0.4) is 0 Å². The van der Waals surface area contributed by atoms with E-state index in [2.05, 4.69) is 21.3 Å². The average molecular weight is 342 g/mol. The standard InChI is InChI=1S/C14H22N4O4S/c1-3-6-15-13(19)5-4-11-8-16-14(20)12-7-10(9-18(11)12)17-23(2,21)22/h1,10-12,17H,4-9H2,2H3,(H,15,19)(H,16,20)/t10-,11+,12-/m0/s1. The number of rotatable bonds is 6. The highest BCUT2D eigenvalue weighted by Crippen LogP contribution is 2.26. The highest BCUT2D eigenvalue weighted by Gasteiger charge is 2.43. The zero-order chi connectivity index (χ0) is 17.0. The Kier molecular flexibility index (Phi) is 5.62. The predicted octanol–water partition coefficient (Wildman–Crippen LogP) is -1.99. The first-order chi connectivity index (χ1) is 10.8. The fourth-order valence-corrected chi connectivity index (χ4v) is 3.94. The number of sulfonamides is 1. The molecule has 2 heterocycles. The van der Waals surface area contributed by atoms with E-state index >= 15 is 0 Å². The summed E-state index contributed by atoms with van der Waals surface area (Å²) in [5.74, 6) is 2.13. The number of hydrogen-bond acceptors (Lipinski definition) is 5. The molecule has 2 rings (SSSR count). The molecule has 2 aliphatic heterocycles. The molecule has 2 saturated heterocycles. The summed E-state index contributed by atoms with van der Waals surface area (Å²) in [5.41, 5.74) is 0. The summed E-state index contributed by atoms with van der Waals surface area (Å²) in [6.45, 7) is 1.14. The summed E-state index contributed by atoms with van der Waals surface area (Å²) in [6, 6.07) is -0.612. The van der Waals surface area contributed by atoms with E-state index in [1.807, 2.05) is 4.90 Å². The number of terminal acetylenes is 1. The van der Waals surface area contributed by atoms with Gasteiger partial charge in [-0.1, -0.05) is 5.92 Å². The Labute approximate surface area is 136 Å². The van der Waals surface area contributed by atoms with Crippen LogP contribution in [0.5, 0.6) is 0 Å². The van der Waals surface area contributed by atoms with Crippen LogP contribution < -0.4 is 15.4 Å². The quantitative estimate of drug-likeness (QED) is 0.484. The van der Waals surface area contributed by atoms with Crippen molar-refractivity contribution in [2.24, 2.45) is 0 Å². The summed E-state index contributed by atoms with van der Waals surface area (Å²) in [4.78, 5) is 25.6. The molecule has 3 N–H and O–H groups in total. The Hall–Kier alpha value is -1.63. The zero-order valence-corrected chi connectivity index (χ0v) is 13.9. The Bertz CT molecular complexity index is 613. The van der Waals surface area contributed by atoms with Crippen LogP contribution in [0.25, 0.3) is 0 Å². The predicted molar refractivity (Wildman–Crippen MR) is 84.8 cm³/mol. The molecule has 8 nitrogen and oxygen atoms in total. The maximum Gasteiger partial charge on any atom is 0.237 e. The van der Waals surface area contributed by atoms with Gasteiger partial charge in [0, 0.05) is 31.6 Å². The van der Waals surface area contributed by atoms with Gasteiger partial charge in [0.25, 0.3) is 0 Å². The zero-order valence-electron chi connectivity index (χ0n) is 13.0. The fraction of sp³-hybridized carbons (Fsp3) is 0.714.